The zero-order valence-corrected chi connectivity index (χ0v) is 14.4. The largest absolute Gasteiger partial charge is 0.493 e. The van der Waals surface area contributed by atoms with Crippen LogP contribution in [-0.4, -0.2) is 34.1 Å². The molecule has 0 heterocycles. The van der Waals surface area contributed by atoms with Crippen molar-refractivity contribution in [3.63, 3.8) is 0 Å². The van der Waals surface area contributed by atoms with Crippen LogP contribution in [0.4, 0.5) is 5.69 Å². The summed E-state index contributed by atoms with van der Waals surface area (Å²) in [4.78, 5) is 14.7. The van der Waals surface area contributed by atoms with Crippen molar-refractivity contribution < 1.29 is 14.3 Å². The Kier molecular flexibility index (Phi) is 4.30. The third-order valence-corrected chi connectivity index (χ3v) is 4.28. The minimum atomic E-state index is 0.0580. The molecule has 0 unspecified atom stereocenters. The van der Waals surface area contributed by atoms with Gasteiger partial charge >= 0.3 is 0 Å². The first-order valence-corrected chi connectivity index (χ1v) is 7.81. The van der Waals surface area contributed by atoms with Crippen molar-refractivity contribution in [2.45, 2.75) is 6.42 Å². The van der Waals surface area contributed by atoms with Crippen molar-refractivity contribution in [2.24, 2.45) is 0 Å². The Morgan fingerprint density at radius 1 is 1.00 bits per heavy atom. The average molecular weight is 323 g/mol. The molecule has 1 aliphatic rings. The van der Waals surface area contributed by atoms with Crippen molar-refractivity contribution in [1.82, 2.24) is 0 Å². The zero-order valence-electron chi connectivity index (χ0n) is 14.4. The second-order valence-corrected chi connectivity index (χ2v) is 6.03. The maximum Gasteiger partial charge on any atom is 0.189 e. The van der Waals surface area contributed by atoms with Crippen LogP contribution in [0.5, 0.6) is 11.5 Å². The molecule has 0 saturated carbocycles. The maximum atomic E-state index is 12.7. The fourth-order valence-corrected chi connectivity index (χ4v) is 2.92. The van der Waals surface area contributed by atoms with E-state index < -0.39 is 0 Å². The first-order chi connectivity index (χ1) is 11.5. The molecule has 3 rings (SSSR count). The van der Waals surface area contributed by atoms with Crippen molar-refractivity contribution in [2.75, 3.05) is 33.2 Å². The number of carbonyl (C=O) groups excluding carboxylic acids is 1. The summed E-state index contributed by atoms with van der Waals surface area (Å²) in [6, 6.07) is 11.8. The van der Waals surface area contributed by atoms with Crippen molar-refractivity contribution >= 4 is 17.5 Å². The highest BCUT2D eigenvalue weighted by Gasteiger charge is 2.27. The van der Waals surface area contributed by atoms with E-state index >= 15 is 0 Å². The molecule has 0 amide bonds. The molecule has 2 aromatic carbocycles. The summed E-state index contributed by atoms with van der Waals surface area (Å²) in [6.07, 6.45) is 2.57. The SMILES string of the molecule is COc1cc2c(cc1OC)C(=O)/C(=C\c1ccc(N(C)C)cc1)C2. The van der Waals surface area contributed by atoms with Gasteiger partial charge in [0.2, 0.25) is 0 Å². The van der Waals surface area contributed by atoms with Crippen LogP contribution < -0.4 is 14.4 Å². The molecule has 2 aromatic rings. The van der Waals surface area contributed by atoms with Crippen LogP contribution in [0.15, 0.2) is 42.0 Å². The van der Waals surface area contributed by atoms with Gasteiger partial charge in [-0.1, -0.05) is 12.1 Å². The van der Waals surface area contributed by atoms with Crippen LogP contribution in [-0.2, 0) is 6.42 Å². The van der Waals surface area contributed by atoms with Crippen LogP contribution in [0.2, 0.25) is 0 Å². The van der Waals surface area contributed by atoms with Gasteiger partial charge in [0.05, 0.1) is 14.2 Å². The van der Waals surface area contributed by atoms with Gasteiger partial charge in [-0.05, 0) is 41.5 Å². The zero-order chi connectivity index (χ0) is 17.3. The number of hydrogen-bond acceptors (Lipinski definition) is 4. The number of ketones is 1. The summed E-state index contributed by atoms with van der Waals surface area (Å²) in [5.41, 5.74) is 4.62. The number of carbonyl (C=O) groups is 1. The van der Waals surface area contributed by atoms with E-state index in [1.807, 2.05) is 55.4 Å². The fourth-order valence-electron chi connectivity index (χ4n) is 2.92. The lowest BCUT2D eigenvalue weighted by Crippen LogP contribution is -2.07. The number of fused-ring (bicyclic) bond motifs is 1. The highest BCUT2D eigenvalue weighted by molar-refractivity contribution is 6.15. The van der Waals surface area contributed by atoms with Gasteiger partial charge in [0, 0.05) is 37.3 Å². The van der Waals surface area contributed by atoms with Crippen LogP contribution in [0.1, 0.15) is 21.5 Å². The fraction of sp³-hybridized carbons (Fsp3) is 0.250. The van der Waals surface area contributed by atoms with Gasteiger partial charge in [0.15, 0.2) is 17.3 Å². The number of nitrogens with zero attached hydrogens (tertiary/aromatic N) is 1. The number of Topliss-reactive ketones (excluding diaryl/α,β-unsaturated/α-hetero) is 1. The number of rotatable bonds is 4. The van der Waals surface area contributed by atoms with E-state index in [9.17, 15) is 4.79 Å². The molecular weight excluding hydrogens is 302 g/mol. The number of anilines is 1. The van der Waals surface area contributed by atoms with Gasteiger partial charge < -0.3 is 14.4 Å². The molecule has 0 bridgehead atoms. The molecule has 4 nitrogen and oxygen atoms in total. The molecule has 0 aliphatic heterocycles. The van der Waals surface area contributed by atoms with Crippen molar-refractivity contribution in [3.05, 3.63) is 58.7 Å². The van der Waals surface area contributed by atoms with Crippen LogP contribution >= 0.6 is 0 Å². The molecule has 1 aliphatic carbocycles. The van der Waals surface area contributed by atoms with Crippen LogP contribution in [0, 0.1) is 0 Å². The number of allylic oxidation sites excluding steroid dienone is 1. The quantitative estimate of drug-likeness (QED) is 0.806. The van der Waals surface area contributed by atoms with Gasteiger partial charge in [0.1, 0.15) is 0 Å². The van der Waals surface area contributed by atoms with Gasteiger partial charge in [-0.2, -0.15) is 0 Å². The Morgan fingerprint density at radius 3 is 2.21 bits per heavy atom. The summed E-state index contributed by atoms with van der Waals surface area (Å²) in [6.45, 7) is 0. The lowest BCUT2D eigenvalue weighted by Gasteiger charge is -2.11. The van der Waals surface area contributed by atoms with E-state index in [0.29, 0.717) is 23.5 Å². The third kappa shape index (κ3) is 2.87. The van der Waals surface area contributed by atoms with Crippen molar-refractivity contribution in [3.8, 4) is 11.5 Å². The van der Waals surface area contributed by atoms with E-state index in [4.69, 9.17) is 9.47 Å². The minimum Gasteiger partial charge on any atom is -0.493 e. The lowest BCUT2D eigenvalue weighted by atomic mass is 10.1. The summed E-state index contributed by atoms with van der Waals surface area (Å²) in [5.74, 6) is 1.30. The molecule has 0 aromatic heterocycles. The minimum absolute atomic E-state index is 0.0580. The summed E-state index contributed by atoms with van der Waals surface area (Å²) >= 11 is 0. The maximum absolute atomic E-state index is 12.7. The predicted molar refractivity (Wildman–Crippen MR) is 96.3 cm³/mol. The van der Waals surface area contributed by atoms with Crippen LogP contribution in [0.3, 0.4) is 0 Å². The Hall–Kier alpha value is -2.75. The highest BCUT2D eigenvalue weighted by atomic mass is 16.5. The smallest absolute Gasteiger partial charge is 0.189 e. The summed E-state index contributed by atoms with van der Waals surface area (Å²) in [5, 5.41) is 0. The van der Waals surface area contributed by atoms with Gasteiger partial charge in [-0.3, -0.25) is 4.79 Å². The van der Waals surface area contributed by atoms with Crippen LogP contribution in [0.25, 0.3) is 6.08 Å². The second kappa shape index (κ2) is 6.40. The topological polar surface area (TPSA) is 38.8 Å². The molecule has 0 N–H and O–H groups in total. The van der Waals surface area contributed by atoms with E-state index in [1.165, 1.54) is 0 Å². The molecule has 124 valence electrons. The van der Waals surface area contributed by atoms with Gasteiger partial charge in [-0.15, -0.1) is 0 Å². The normalized spacial score (nSPS) is 14.7. The van der Waals surface area contributed by atoms with Gasteiger partial charge in [0.25, 0.3) is 0 Å². The molecular formula is C20H21NO3. The Morgan fingerprint density at radius 2 is 1.62 bits per heavy atom. The lowest BCUT2D eigenvalue weighted by molar-refractivity contribution is 0.104. The summed E-state index contributed by atoms with van der Waals surface area (Å²) < 4.78 is 10.6. The van der Waals surface area contributed by atoms with E-state index in [0.717, 1.165) is 22.4 Å². The molecule has 4 heteroatoms. The Labute approximate surface area is 142 Å². The van der Waals surface area contributed by atoms with Gasteiger partial charge in [-0.25, -0.2) is 0 Å². The Balaban J connectivity index is 1.92. The Bertz CT molecular complexity index is 804. The number of ether oxygens (including phenoxy) is 2. The van der Waals surface area contributed by atoms with Crippen molar-refractivity contribution in [1.29, 1.82) is 0 Å². The van der Waals surface area contributed by atoms with E-state index in [1.54, 1.807) is 20.3 Å². The predicted octanol–water partition coefficient (Wildman–Crippen LogP) is 3.59. The van der Waals surface area contributed by atoms with E-state index in [2.05, 4.69) is 0 Å². The summed E-state index contributed by atoms with van der Waals surface area (Å²) in [7, 11) is 7.19. The first kappa shape index (κ1) is 16.1. The molecule has 24 heavy (non-hydrogen) atoms. The molecule has 0 fully saturated rings. The second-order valence-electron chi connectivity index (χ2n) is 6.03. The number of hydrogen-bond donors (Lipinski definition) is 0. The number of benzene rings is 2. The average Bonchev–Trinajstić information content (AvgIpc) is 2.89. The third-order valence-electron chi connectivity index (χ3n) is 4.28. The molecule has 0 radical (unpaired) electrons. The highest BCUT2D eigenvalue weighted by Crippen LogP contribution is 2.37. The monoisotopic (exact) mass is 323 g/mol. The molecule has 0 atom stereocenters. The molecule has 0 saturated heterocycles. The van der Waals surface area contributed by atoms with E-state index in [-0.39, 0.29) is 5.78 Å². The first-order valence-electron chi connectivity index (χ1n) is 7.81. The number of methoxy groups -OCH3 is 2. The standard InChI is InChI=1S/C20H21NO3/c1-21(2)16-7-5-13(6-8-16)9-15-10-14-11-18(23-3)19(24-4)12-17(14)20(15)22/h5-9,11-12H,10H2,1-4H3/b15-9-. The molecule has 0 spiro atoms.